The Bertz CT molecular complexity index is 1570. The number of aromatic nitrogens is 4. The van der Waals surface area contributed by atoms with E-state index in [4.69, 9.17) is 9.97 Å². The highest BCUT2D eigenvalue weighted by Gasteiger charge is 2.17. The van der Waals surface area contributed by atoms with Gasteiger partial charge in [-0.05, 0) is 42.3 Å². The van der Waals surface area contributed by atoms with Crippen molar-refractivity contribution in [1.29, 1.82) is 0 Å². The van der Waals surface area contributed by atoms with Gasteiger partial charge in [0.2, 0.25) is 0 Å². The number of benzene rings is 3. The van der Waals surface area contributed by atoms with E-state index in [-0.39, 0.29) is 5.92 Å². The van der Waals surface area contributed by atoms with Gasteiger partial charge in [-0.3, -0.25) is 0 Å². The summed E-state index contributed by atoms with van der Waals surface area (Å²) in [5.74, 6) is 1.74. The van der Waals surface area contributed by atoms with Crippen LogP contribution in [-0.4, -0.2) is 25.9 Å². The van der Waals surface area contributed by atoms with E-state index in [0.717, 1.165) is 33.6 Å². The fourth-order valence-corrected chi connectivity index (χ4v) is 4.70. The van der Waals surface area contributed by atoms with Crippen LogP contribution in [0.15, 0.2) is 109 Å². The van der Waals surface area contributed by atoms with Crippen LogP contribution in [0, 0.1) is 6.92 Å². The first kappa shape index (κ1) is 21.1. The number of rotatable bonds is 6. The van der Waals surface area contributed by atoms with Crippen LogP contribution in [0.5, 0.6) is 0 Å². The van der Waals surface area contributed by atoms with Crippen LogP contribution in [-0.2, 0) is 0 Å². The van der Waals surface area contributed by atoms with Crippen molar-refractivity contribution in [3.63, 3.8) is 0 Å². The molecule has 170 valence electrons. The van der Waals surface area contributed by atoms with Crippen LogP contribution in [0.1, 0.15) is 22.7 Å². The second-order valence-electron chi connectivity index (χ2n) is 8.66. The number of fused-ring (bicyclic) bond motifs is 2. The lowest BCUT2D eigenvalue weighted by molar-refractivity contribution is 0.849. The molecule has 3 aromatic heterocycles. The molecule has 6 aromatic rings. The molecular weight excluding hydrogens is 430 g/mol. The minimum atomic E-state index is 0.193. The molecule has 3 heterocycles. The molecule has 0 bridgehead atoms. The Morgan fingerprint density at radius 3 is 2.20 bits per heavy atom. The number of imidazole rings is 1. The van der Waals surface area contributed by atoms with Gasteiger partial charge in [-0.15, -0.1) is 0 Å². The Kier molecular flexibility index (Phi) is 5.43. The quantitative estimate of drug-likeness (QED) is 0.312. The summed E-state index contributed by atoms with van der Waals surface area (Å²) in [7, 11) is 0. The molecule has 0 radical (unpaired) electrons. The fourth-order valence-electron chi connectivity index (χ4n) is 4.70. The third-order valence-electron chi connectivity index (χ3n) is 6.54. The van der Waals surface area contributed by atoms with Crippen molar-refractivity contribution >= 4 is 22.4 Å². The highest BCUT2D eigenvalue weighted by atomic mass is 15.0. The zero-order chi connectivity index (χ0) is 23.6. The Balaban J connectivity index is 1.42. The van der Waals surface area contributed by atoms with Gasteiger partial charge in [-0.25, -0.2) is 15.0 Å². The van der Waals surface area contributed by atoms with Crippen molar-refractivity contribution in [2.24, 2.45) is 0 Å². The third-order valence-corrected chi connectivity index (χ3v) is 6.54. The summed E-state index contributed by atoms with van der Waals surface area (Å²) in [6, 6.07) is 33.5. The lowest BCUT2D eigenvalue weighted by atomic mass is 9.91. The van der Waals surface area contributed by atoms with E-state index >= 15 is 0 Å². The van der Waals surface area contributed by atoms with E-state index in [1.165, 1.54) is 11.1 Å². The molecule has 0 aliphatic carbocycles. The number of hydrogen-bond donors (Lipinski definition) is 1. The topological polar surface area (TPSA) is 55.1 Å². The van der Waals surface area contributed by atoms with Crippen molar-refractivity contribution < 1.29 is 0 Å². The summed E-state index contributed by atoms with van der Waals surface area (Å²) in [5, 5.41) is 4.69. The van der Waals surface area contributed by atoms with Gasteiger partial charge in [0.15, 0.2) is 5.82 Å². The maximum Gasteiger partial charge on any atom is 0.163 e. The van der Waals surface area contributed by atoms with E-state index in [1.807, 2.05) is 36.7 Å². The fraction of sp³-hybridized carbons (Fsp3) is 0.100. The molecule has 6 rings (SSSR count). The molecule has 0 saturated heterocycles. The van der Waals surface area contributed by atoms with Crippen LogP contribution < -0.4 is 5.32 Å². The van der Waals surface area contributed by atoms with E-state index in [9.17, 15) is 0 Å². The first-order chi connectivity index (χ1) is 17.3. The van der Waals surface area contributed by atoms with Crippen LogP contribution in [0.4, 0.5) is 5.82 Å². The molecule has 0 aliphatic heterocycles. The van der Waals surface area contributed by atoms with Crippen molar-refractivity contribution in [1.82, 2.24) is 19.4 Å². The molecule has 0 saturated carbocycles. The Hall–Kier alpha value is -4.51. The number of nitrogens with one attached hydrogen (secondary N) is 1. The van der Waals surface area contributed by atoms with Gasteiger partial charge in [0.1, 0.15) is 11.5 Å². The smallest absolute Gasteiger partial charge is 0.163 e. The molecule has 0 fully saturated rings. The highest BCUT2D eigenvalue weighted by Crippen LogP contribution is 2.29. The highest BCUT2D eigenvalue weighted by molar-refractivity contribution is 5.90. The standard InChI is InChI=1S/C30H25N5/c1-21-24(16-17-28-31-18-19-35(21)28)30-33-27-15-9-8-14-25(27)29(34-30)32-20-26(22-10-4-2-5-11-22)23-12-6-3-7-13-23/h2-19,26H,20H2,1H3,(H,32,33,34). The van der Waals surface area contributed by atoms with E-state index in [2.05, 4.69) is 94.4 Å². The maximum atomic E-state index is 5.03. The molecule has 5 nitrogen and oxygen atoms in total. The van der Waals surface area contributed by atoms with Gasteiger partial charge in [-0.2, -0.15) is 0 Å². The van der Waals surface area contributed by atoms with Crippen LogP contribution in [0.25, 0.3) is 27.9 Å². The molecule has 3 aromatic carbocycles. The van der Waals surface area contributed by atoms with E-state index in [1.54, 1.807) is 0 Å². The van der Waals surface area contributed by atoms with Gasteiger partial charge in [0.25, 0.3) is 0 Å². The lowest BCUT2D eigenvalue weighted by Gasteiger charge is -2.20. The zero-order valence-electron chi connectivity index (χ0n) is 19.5. The SMILES string of the molecule is Cc1c(-c2nc(NCC(c3ccccc3)c3ccccc3)c3ccccc3n2)ccc2nccn12. The predicted molar refractivity (Wildman–Crippen MR) is 142 cm³/mol. The summed E-state index contributed by atoms with van der Waals surface area (Å²) in [6.07, 6.45) is 3.78. The van der Waals surface area contributed by atoms with Gasteiger partial charge >= 0.3 is 0 Å². The maximum absolute atomic E-state index is 5.03. The van der Waals surface area contributed by atoms with Crippen molar-refractivity contribution in [2.75, 3.05) is 11.9 Å². The molecule has 0 amide bonds. The molecule has 35 heavy (non-hydrogen) atoms. The summed E-state index contributed by atoms with van der Waals surface area (Å²) in [4.78, 5) is 14.3. The summed E-state index contributed by atoms with van der Waals surface area (Å²) < 4.78 is 2.07. The number of pyridine rings is 1. The number of hydrogen-bond acceptors (Lipinski definition) is 4. The van der Waals surface area contributed by atoms with Crippen molar-refractivity contribution in [3.05, 3.63) is 126 Å². The molecule has 5 heteroatoms. The number of para-hydroxylation sites is 1. The molecule has 1 N–H and O–H groups in total. The third kappa shape index (κ3) is 4.02. The van der Waals surface area contributed by atoms with Crippen LogP contribution in [0.2, 0.25) is 0 Å². The van der Waals surface area contributed by atoms with Gasteiger partial charge in [0, 0.05) is 41.5 Å². The second kappa shape index (κ2) is 9.03. The summed E-state index contributed by atoms with van der Waals surface area (Å²) in [6.45, 7) is 2.80. The van der Waals surface area contributed by atoms with E-state index < -0.39 is 0 Å². The number of nitrogens with zero attached hydrogens (tertiary/aromatic N) is 4. The monoisotopic (exact) mass is 455 g/mol. The average molecular weight is 456 g/mol. The molecule has 0 spiro atoms. The first-order valence-electron chi connectivity index (χ1n) is 11.8. The summed E-state index contributed by atoms with van der Waals surface area (Å²) >= 11 is 0. The van der Waals surface area contributed by atoms with Gasteiger partial charge in [-0.1, -0.05) is 72.8 Å². The Morgan fingerprint density at radius 1 is 0.771 bits per heavy atom. The molecule has 0 aliphatic rings. The lowest BCUT2D eigenvalue weighted by Crippen LogP contribution is -2.15. The summed E-state index contributed by atoms with van der Waals surface area (Å²) in [5.41, 5.74) is 6.43. The largest absolute Gasteiger partial charge is 0.368 e. The van der Waals surface area contributed by atoms with Crippen LogP contribution >= 0.6 is 0 Å². The van der Waals surface area contributed by atoms with Crippen molar-refractivity contribution in [2.45, 2.75) is 12.8 Å². The van der Waals surface area contributed by atoms with Crippen LogP contribution in [0.3, 0.4) is 0 Å². The molecule has 0 unspecified atom stereocenters. The average Bonchev–Trinajstić information content (AvgIpc) is 3.40. The van der Waals surface area contributed by atoms with Gasteiger partial charge in [0.05, 0.1) is 5.52 Å². The Morgan fingerprint density at radius 2 is 1.46 bits per heavy atom. The van der Waals surface area contributed by atoms with Crippen molar-refractivity contribution in [3.8, 4) is 11.4 Å². The van der Waals surface area contributed by atoms with Gasteiger partial charge < -0.3 is 9.72 Å². The number of aryl methyl sites for hydroxylation is 1. The number of anilines is 1. The minimum Gasteiger partial charge on any atom is -0.368 e. The predicted octanol–water partition coefficient (Wildman–Crippen LogP) is 6.50. The first-order valence-corrected chi connectivity index (χ1v) is 11.8. The second-order valence-corrected chi connectivity index (χ2v) is 8.66. The molecule has 0 atom stereocenters. The zero-order valence-corrected chi connectivity index (χ0v) is 19.5. The minimum absolute atomic E-state index is 0.193. The normalized spacial score (nSPS) is 11.4. The Labute approximate surface area is 204 Å². The van der Waals surface area contributed by atoms with E-state index in [0.29, 0.717) is 12.4 Å². The molecular formula is C30H25N5.